The molecule has 0 aliphatic heterocycles. The molecule has 0 saturated carbocycles. The van der Waals surface area contributed by atoms with Crippen LogP contribution >= 0.6 is 0 Å². The Bertz CT molecular complexity index is 692. The van der Waals surface area contributed by atoms with E-state index in [0.717, 1.165) is 5.06 Å². The zero-order valence-electron chi connectivity index (χ0n) is 13.3. The Labute approximate surface area is 139 Å². The number of halogens is 1. The summed E-state index contributed by atoms with van der Waals surface area (Å²) in [6.45, 7) is 1.53. The summed E-state index contributed by atoms with van der Waals surface area (Å²) in [4.78, 5) is 29.5. The van der Waals surface area contributed by atoms with Crippen LogP contribution < -0.4 is 10.6 Å². The fraction of sp³-hybridized carbons (Fsp3) is 0.176. The van der Waals surface area contributed by atoms with Crippen molar-refractivity contribution < 1.29 is 18.8 Å². The van der Waals surface area contributed by atoms with Crippen LogP contribution in [0.1, 0.15) is 6.92 Å². The second-order valence-electron chi connectivity index (χ2n) is 4.98. The number of urea groups is 1. The zero-order valence-corrected chi connectivity index (χ0v) is 13.3. The van der Waals surface area contributed by atoms with Gasteiger partial charge in [-0.3, -0.25) is 9.63 Å². The highest BCUT2D eigenvalue weighted by atomic mass is 19.1. The first-order valence-corrected chi connectivity index (χ1v) is 7.27. The van der Waals surface area contributed by atoms with Gasteiger partial charge in [0.25, 0.3) is 0 Å². The van der Waals surface area contributed by atoms with E-state index in [-0.39, 0.29) is 0 Å². The first kappa shape index (κ1) is 17.4. The van der Waals surface area contributed by atoms with Crippen LogP contribution in [-0.4, -0.2) is 30.2 Å². The number of rotatable bonds is 5. The van der Waals surface area contributed by atoms with Gasteiger partial charge >= 0.3 is 6.03 Å². The third kappa shape index (κ3) is 4.53. The third-order valence-corrected chi connectivity index (χ3v) is 3.26. The van der Waals surface area contributed by atoms with Gasteiger partial charge in [0.1, 0.15) is 11.9 Å². The number of hydrogen-bond donors (Lipinski definition) is 2. The Balaban J connectivity index is 2.01. The molecule has 126 valence electrons. The summed E-state index contributed by atoms with van der Waals surface area (Å²) < 4.78 is 12.9. The fourth-order valence-corrected chi connectivity index (χ4v) is 2.00. The maximum absolute atomic E-state index is 12.9. The van der Waals surface area contributed by atoms with E-state index >= 15 is 0 Å². The third-order valence-electron chi connectivity index (χ3n) is 3.26. The molecule has 7 heteroatoms. The summed E-state index contributed by atoms with van der Waals surface area (Å²) in [5, 5.41) is 6.13. The molecule has 6 nitrogen and oxygen atoms in total. The van der Waals surface area contributed by atoms with Gasteiger partial charge in [0.15, 0.2) is 0 Å². The summed E-state index contributed by atoms with van der Waals surface area (Å²) in [7, 11) is 1.29. The normalized spacial score (nSPS) is 11.5. The van der Waals surface area contributed by atoms with Gasteiger partial charge in [0, 0.05) is 11.4 Å². The van der Waals surface area contributed by atoms with Crippen LogP contribution in [0, 0.1) is 5.82 Å². The van der Waals surface area contributed by atoms with Crippen LogP contribution in [0.2, 0.25) is 0 Å². The van der Waals surface area contributed by atoms with Crippen molar-refractivity contribution in [3.8, 4) is 0 Å². The van der Waals surface area contributed by atoms with E-state index in [0.29, 0.717) is 11.4 Å². The average molecular weight is 331 g/mol. The lowest BCUT2D eigenvalue weighted by molar-refractivity contribution is -0.141. The van der Waals surface area contributed by atoms with E-state index in [1.807, 2.05) is 6.07 Å². The monoisotopic (exact) mass is 331 g/mol. The quantitative estimate of drug-likeness (QED) is 0.826. The molecule has 1 atom stereocenters. The number of hydroxylamine groups is 2. The number of hydrogen-bond acceptors (Lipinski definition) is 3. The first-order valence-electron chi connectivity index (χ1n) is 7.27. The second-order valence-corrected chi connectivity index (χ2v) is 4.98. The van der Waals surface area contributed by atoms with Gasteiger partial charge in [-0.1, -0.05) is 18.2 Å². The lowest BCUT2D eigenvalue weighted by atomic mass is 10.2. The molecule has 2 N–H and O–H groups in total. The Morgan fingerprint density at radius 1 is 1.00 bits per heavy atom. The van der Waals surface area contributed by atoms with E-state index in [4.69, 9.17) is 4.84 Å². The van der Waals surface area contributed by atoms with Crippen LogP contribution in [-0.2, 0) is 9.63 Å². The van der Waals surface area contributed by atoms with E-state index in [1.54, 1.807) is 24.3 Å². The van der Waals surface area contributed by atoms with Gasteiger partial charge in [-0.05, 0) is 43.3 Å². The van der Waals surface area contributed by atoms with Crippen molar-refractivity contribution in [1.82, 2.24) is 5.06 Å². The highest BCUT2D eigenvalue weighted by molar-refractivity contribution is 5.98. The molecule has 3 amide bonds. The minimum atomic E-state index is -0.879. The number of carbonyl (C=O) groups excluding carboxylic acids is 2. The minimum absolute atomic E-state index is 0.388. The highest BCUT2D eigenvalue weighted by Crippen LogP contribution is 2.12. The zero-order chi connectivity index (χ0) is 17.5. The lowest BCUT2D eigenvalue weighted by Crippen LogP contribution is -2.46. The number of para-hydroxylation sites is 1. The molecular formula is C17H18FN3O3. The van der Waals surface area contributed by atoms with Crippen molar-refractivity contribution in [3.05, 3.63) is 60.4 Å². The topological polar surface area (TPSA) is 70.7 Å². The molecule has 0 spiro atoms. The van der Waals surface area contributed by atoms with Crippen LogP contribution in [0.15, 0.2) is 54.6 Å². The maximum Gasteiger partial charge on any atom is 0.346 e. The van der Waals surface area contributed by atoms with Gasteiger partial charge in [0.05, 0.1) is 7.11 Å². The summed E-state index contributed by atoms with van der Waals surface area (Å²) in [6.07, 6.45) is 0. The first-order chi connectivity index (χ1) is 11.5. The van der Waals surface area contributed by atoms with Crippen LogP contribution in [0.3, 0.4) is 0 Å². The standard InChI is InChI=1S/C17H18FN3O3/c1-12(16(22)19-14-6-4-3-5-7-14)21(24-2)17(23)20-15-10-8-13(18)9-11-15/h3-12H,1-2H3,(H,19,22)(H,20,23). The number of nitrogens with zero attached hydrogens (tertiary/aromatic N) is 1. The van der Waals surface area contributed by atoms with Crippen LogP contribution in [0.5, 0.6) is 0 Å². The van der Waals surface area contributed by atoms with Gasteiger partial charge in [-0.15, -0.1) is 0 Å². The Hall–Kier alpha value is -2.93. The fourth-order valence-electron chi connectivity index (χ4n) is 2.00. The average Bonchev–Trinajstić information content (AvgIpc) is 2.58. The number of carbonyl (C=O) groups is 2. The Morgan fingerprint density at radius 2 is 1.58 bits per heavy atom. The molecule has 0 aromatic heterocycles. The SMILES string of the molecule is CON(C(=O)Nc1ccc(F)cc1)C(C)C(=O)Nc1ccccc1. The predicted molar refractivity (Wildman–Crippen MR) is 88.8 cm³/mol. The number of anilines is 2. The maximum atomic E-state index is 12.9. The molecule has 0 fully saturated rings. The molecule has 1 unspecified atom stereocenters. The minimum Gasteiger partial charge on any atom is -0.324 e. The van der Waals surface area contributed by atoms with Crippen molar-refractivity contribution >= 4 is 23.3 Å². The molecule has 2 aromatic rings. The molecule has 2 aromatic carbocycles. The van der Waals surface area contributed by atoms with E-state index in [1.165, 1.54) is 38.3 Å². The van der Waals surface area contributed by atoms with E-state index in [9.17, 15) is 14.0 Å². The molecule has 0 radical (unpaired) electrons. The van der Waals surface area contributed by atoms with Crippen molar-refractivity contribution in [2.45, 2.75) is 13.0 Å². The highest BCUT2D eigenvalue weighted by Gasteiger charge is 2.26. The molecule has 0 heterocycles. The van der Waals surface area contributed by atoms with Gasteiger partial charge in [-0.2, -0.15) is 5.06 Å². The predicted octanol–water partition coefficient (Wildman–Crippen LogP) is 3.25. The molecule has 0 bridgehead atoms. The van der Waals surface area contributed by atoms with Crippen molar-refractivity contribution in [1.29, 1.82) is 0 Å². The van der Waals surface area contributed by atoms with Crippen molar-refractivity contribution in [3.63, 3.8) is 0 Å². The molecule has 0 aliphatic rings. The van der Waals surface area contributed by atoms with Gasteiger partial charge in [0.2, 0.25) is 5.91 Å². The van der Waals surface area contributed by atoms with Gasteiger partial charge < -0.3 is 10.6 Å². The molecule has 24 heavy (non-hydrogen) atoms. The number of nitrogens with one attached hydrogen (secondary N) is 2. The van der Waals surface area contributed by atoms with Crippen molar-refractivity contribution in [2.24, 2.45) is 0 Å². The Kier molecular flexibility index (Phi) is 5.86. The smallest absolute Gasteiger partial charge is 0.324 e. The number of benzene rings is 2. The van der Waals surface area contributed by atoms with Crippen LogP contribution in [0.4, 0.5) is 20.6 Å². The summed E-state index contributed by atoms with van der Waals surface area (Å²) in [5.74, 6) is -0.815. The molecule has 0 saturated heterocycles. The van der Waals surface area contributed by atoms with E-state index in [2.05, 4.69) is 10.6 Å². The number of amides is 3. The summed E-state index contributed by atoms with van der Waals surface area (Å²) in [6, 6.07) is 12.6. The van der Waals surface area contributed by atoms with Crippen LogP contribution in [0.25, 0.3) is 0 Å². The molecule has 2 rings (SSSR count). The van der Waals surface area contributed by atoms with Crippen molar-refractivity contribution in [2.75, 3.05) is 17.7 Å². The van der Waals surface area contributed by atoms with E-state index < -0.39 is 23.8 Å². The summed E-state index contributed by atoms with van der Waals surface area (Å²) >= 11 is 0. The van der Waals surface area contributed by atoms with Gasteiger partial charge in [-0.25, -0.2) is 9.18 Å². The molecular weight excluding hydrogens is 313 g/mol. The Morgan fingerprint density at radius 3 is 2.17 bits per heavy atom. The lowest BCUT2D eigenvalue weighted by Gasteiger charge is -2.25. The molecule has 0 aliphatic carbocycles. The second kappa shape index (κ2) is 8.07. The largest absolute Gasteiger partial charge is 0.346 e. The summed E-state index contributed by atoms with van der Waals surface area (Å²) in [5.41, 5.74) is 1.00.